The normalized spacial score (nSPS) is 14.0. The number of unbranched alkanes of at least 4 members (excludes halogenated alkanes) is 19. The fraction of sp³-hybridized carbons (Fsp3) is 0.672. The quantitative estimate of drug-likeness (QED) is 0.0321. The topological polar surface area (TPSA) is 95.9 Å². The van der Waals surface area contributed by atoms with Crippen LogP contribution in [0.4, 0.5) is 0 Å². The van der Waals surface area contributed by atoms with Crippen molar-refractivity contribution in [2.24, 2.45) is 0 Å². The molecule has 0 rings (SSSR count). The number of ether oxygens (including phenoxy) is 1. The van der Waals surface area contributed by atoms with Gasteiger partial charge in [-0.05, 0) is 77.0 Å². The zero-order chi connectivity index (χ0) is 48.8. The number of aliphatic hydroxyl groups is 2. The van der Waals surface area contributed by atoms with Gasteiger partial charge in [-0.2, -0.15) is 0 Å². The standard InChI is InChI=1S/C61H103NO5/c1-4-7-10-13-16-19-22-25-28-30-32-35-38-41-44-47-50-53-59(64)58(56-63)62-60(65)55-57(52-49-46-43-40-37-34-31-27-24-21-18-15-12-9-6-3)67-61(66)54-51-48-45-42-39-36-33-29-26-23-20-17-14-11-8-5-2/h8,11,17-18,20-21,26-27,29,31,36-37,39-40,45-46,48-49,57-59,63-64H,4-7,9-10,12-16,19,22-25,28,30,32-35,38,41-44,47,50-56H2,1-3H3,(H,62,65)/b11-8+,20-17+,21-18-,29-26+,31-27-,39-36+,40-37-,48-45+,49-46-. The number of aliphatic hydroxyl groups excluding tert-OH is 2. The van der Waals surface area contributed by atoms with Gasteiger partial charge in [0, 0.05) is 12.8 Å². The van der Waals surface area contributed by atoms with E-state index in [9.17, 15) is 19.8 Å². The molecule has 0 aliphatic carbocycles. The van der Waals surface area contributed by atoms with E-state index in [4.69, 9.17) is 4.74 Å². The van der Waals surface area contributed by atoms with Gasteiger partial charge in [0.25, 0.3) is 0 Å². The molecule has 3 unspecified atom stereocenters. The number of rotatable bonds is 48. The van der Waals surface area contributed by atoms with Gasteiger partial charge in [0.1, 0.15) is 6.10 Å². The van der Waals surface area contributed by atoms with Crippen LogP contribution in [0.15, 0.2) is 109 Å². The number of amides is 1. The minimum Gasteiger partial charge on any atom is -0.461 e. The Morgan fingerprint density at radius 2 is 0.836 bits per heavy atom. The lowest BCUT2D eigenvalue weighted by Crippen LogP contribution is -2.46. The predicted octanol–water partition coefficient (Wildman–Crippen LogP) is 17.1. The Bertz CT molecular complexity index is 1370. The SMILES string of the molecule is CC/C=C/C/C=C/C/C=C/C/C=C/C/C=C/CCC(=O)OC(C/C=C\C/C=C\C/C=C\C/C=C\CCCCC)CC(=O)NC(CO)C(O)CCCCCCCCCCCCCCCCCCC. The van der Waals surface area contributed by atoms with E-state index >= 15 is 0 Å². The molecule has 0 saturated carbocycles. The molecule has 0 heterocycles. The van der Waals surface area contributed by atoms with Crippen LogP contribution in [-0.4, -0.2) is 46.9 Å². The molecule has 6 nitrogen and oxygen atoms in total. The van der Waals surface area contributed by atoms with Gasteiger partial charge in [0.15, 0.2) is 0 Å². The van der Waals surface area contributed by atoms with Crippen molar-refractivity contribution in [3.63, 3.8) is 0 Å². The largest absolute Gasteiger partial charge is 0.461 e. The van der Waals surface area contributed by atoms with E-state index in [-0.39, 0.29) is 31.3 Å². The third kappa shape index (κ3) is 48.8. The van der Waals surface area contributed by atoms with Crippen LogP contribution >= 0.6 is 0 Å². The van der Waals surface area contributed by atoms with Crippen LogP contribution in [0.1, 0.15) is 239 Å². The molecule has 382 valence electrons. The number of carbonyl (C=O) groups is 2. The van der Waals surface area contributed by atoms with Gasteiger partial charge >= 0.3 is 5.97 Å². The summed E-state index contributed by atoms with van der Waals surface area (Å²) >= 11 is 0. The molecule has 0 spiro atoms. The minimum atomic E-state index is -0.830. The van der Waals surface area contributed by atoms with Crippen molar-refractivity contribution in [2.75, 3.05) is 6.61 Å². The van der Waals surface area contributed by atoms with Crippen molar-refractivity contribution >= 4 is 11.9 Å². The number of nitrogens with one attached hydrogen (secondary N) is 1. The molecule has 0 aromatic carbocycles. The first kappa shape index (κ1) is 63.5. The fourth-order valence-corrected chi connectivity index (χ4v) is 7.69. The second-order valence-electron chi connectivity index (χ2n) is 18.3. The molecular weight excluding hydrogens is 827 g/mol. The molecule has 67 heavy (non-hydrogen) atoms. The van der Waals surface area contributed by atoms with Crippen LogP contribution in [0.2, 0.25) is 0 Å². The molecular formula is C61H103NO5. The highest BCUT2D eigenvalue weighted by Crippen LogP contribution is 2.16. The fourth-order valence-electron chi connectivity index (χ4n) is 7.69. The van der Waals surface area contributed by atoms with E-state index in [0.717, 1.165) is 77.0 Å². The molecule has 0 bridgehead atoms. The van der Waals surface area contributed by atoms with Crippen molar-refractivity contribution in [1.82, 2.24) is 5.32 Å². The Morgan fingerprint density at radius 1 is 0.463 bits per heavy atom. The molecule has 0 aromatic heterocycles. The first-order chi connectivity index (χ1) is 33.0. The highest BCUT2D eigenvalue weighted by molar-refractivity contribution is 5.77. The van der Waals surface area contributed by atoms with Crippen molar-refractivity contribution < 1.29 is 24.5 Å². The van der Waals surface area contributed by atoms with Crippen LogP contribution in [-0.2, 0) is 14.3 Å². The summed E-state index contributed by atoms with van der Waals surface area (Å²) in [5.41, 5.74) is 0. The maximum absolute atomic E-state index is 13.2. The molecule has 0 aliphatic heterocycles. The summed E-state index contributed by atoms with van der Waals surface area (Å²) in [7, 11) is 0. The van der Waals surface area contributed by atoms with Crippen LogP contribution in [0, 0.1) is 0 Å². The molecule has 1 amide bonds. The van der Waals surface area contributed by atoms with Crippen molar-refractivity contribution in [3.05, 3.63) is 109 Å². The first-order valence-corrected chi connectivity index (χ1v) is 27.6. The number of hydrogen-bond donors (Lipinski definition) is 3. The summed E-state index contributed by atoms with van der Waals surface area (Å²) in [5.74, 6) is -0.681. The number of hydrogen-bond acceptors (Lipinski definition) is 5. The lowest BCUT2D eigenvalue weighted by atomic mass is 10.0. The van der Waals surface area contributed by atoms with E-state index in [1.54, 1.807) is 0 Å². The second kappa shape index (κ2) is 53.5. The van der Waals surface area contributed by atoms with Gasteiger partial charge in [-0.25, -0.2) is 0 Å². The lowest BCUT2D eigenvalue weighted by molar-refractivity contribution is -0.150. The maximum atomic E-state index is 13.2. The number of esters is 1. The Balaban J connectivity index is 4.77. The zero-order valence-corrected chi connectivity index (χ0v) is 43.5. The van der Waals surface area contributed by atoms with Crippen molar-refractivity contribution in [2.45, 2.75) is 257 Å². The smallest absolute Gasteiger partial charge is 0.306 e. The molecule has 3 N–H and O–H groups in total. The van der Waals surface area contributed by atoms with Gasteiger partial charge in [0.05, 0.1) is 25.2 Å². The first-order valence-electron chi connectivity index (χ1n) is 27.6. The van der Waals surface area contributed by atoms with Crippen LogP contribution in [0.3, 0.4) is 0 Å². The summed E-state index contributed by atoms with van der Waals surface area (Å²) in [6.07, 6.45) is 73.2. The molecule has 0 saturated heterocycles. The van der Waals surface area contributed by atoms with Crippen LogP contribution in [0.25, 0.3) is 0 Å². The predicted molar refractivity (Wildman–Crippen MR) is 291 cm³/mol. The highest BCUT2D eigenvalue weighted by Gasteiger charge is 2.23. The Kier molecular flexibility index (Phi) is 50.7. The Morgan fingerprint density at radius 3 is 1.27 bits per heavy atom. The zero-order valence-electron chi connectivity index (χ0n) is 43.5. The number of carbonyl (C=O) groups excluding carboxylic acids is 2. The molecule has 0 radical (unpaired) electrons. The second-order valence-corrected chi connectivity index (χ2v) is 18.3. The summed E-state index contributed by atoms with van der Waals surface area (Å²) < 4.78 is 5.83. The van der Waals surface area contributed by atoms with Crippen LogP contribution in [0.5, 0.6) is 0 Å². The Labute approximate surface area is 413 Å². The van der Waals surface area contributed by atoms with Gasteiger partial charge in [-0.3, -0.25) is 9.59 Å². The van der Waals surface area contributed by atoms with Crippen LogP contribution < -0.4 is 5.32 Å². The maximum Gasteiger partial charge on any atom is 0.306 e. The van der Waals surface area contributed by atoms with Gasteiger partial charge in [0.2, 0.25) is 5.91 Å². The third-order valence-corrected chi connectivity index (χ3v) is 11.9. The molecule has 0 aromatic rings. The average molecular weight is 930 g/mol. The molecule has 3 atom stereocenters. The molecule has 0 fully saturated rings. The van der Waals surface area contributed by atoms with Crippen molar-refractivity contribution in [1.29, 1.82) is 0 Å². The van der Waals surface area contributed by atoms with Crippen molar-refractivity contribution in [3.8, 4) is 0 Å². The lowest BCUT2D eigenvalue weighted by Gasteiger charge is -2.24. The highest BCUT2D eigenvalue weighted by atomic mass is 16.5. The average Bonchev–Trinajstić information content (AvgIpc) is 3.32. The molecule has 6 heteroatoms. The summed E-state index contributed by atoms with van der Waals surface area (Å²) in [6, 6.07) is -0.753. The van der Waals surface area contributed by atoms with E-state index in [1.807, 2.05) is 18.2 Å². The van der Waals surface area contributed by atoms with E-state index in [2.05, 4.69) is 117 Å². The number of allylic oxidation sites excluding steroid dienone is 17. The summed E-state index contributed by atoms with van der Waals surface area (Å²) in [5, 5.41) is 23.8. The van der Waals surface area contributed by atoms with E-state index in [0.29, 0.717) is 19.3 Å². The van der Waals surface area contributed by atoms with Gasteiger partial charge in [-0.1, -0.05) is 252 Å². The third-order valence-electron chi connectivity index (χ3n) is 11.9. The van der Waals surface area contributed by atoms with Gasteiger partial charge < -0.3 is 20.3 Å². The summed E-state index contributed by atoms with van der Waals surface area (Å²) in [6.45, 7) is 6.30. The Hall–Kier alpha value is -3.48. The van der Waals surface area contributed by atoms with E-state index in [1.165, 1.54) is 109 Å². The molecule has 0 aliphatic rings. The van der Waals surface area contributed by atoms with E-state index < -0.39 is 18.2 Å². The minimum absolute atomic E-state index is 0.0339. The van der Waals surface area contributed by atoms with Gasteiger partial charge in [-0.15, -0.1) is 0 Å². The monoisotopic (exact) mass is 930 g/mol. The summed E-state index contributed by atoms with van der Waals surface area (Å²) in [4.78, 5) is 26.1.